The quantitative estimate of drug-likeness (QED) is 0.742. The molecule has 0 radical (unpaired) electrons. The second kappa shape index (κ2) is 5.37. The Morgan fingerprint density at radius 2 is 2.18 bits per heavy atom. The molecule has 3 N–H and O–H groups in total. The molecule has 0 unspecified atom stereocenters. The van der Waals surface area contributed by atoms with Crippen molar-refractivity contribution >= 4 is 23.0 Å². The number of thiocarbonyl (C=S) groups is 1. The standard InChI is InChI=1S/C11H16N4OS/c12-10(17)9-11(14-5-4-13-9)15(6-7-16)8-2-1-3-8/h4-5,8,16H,1-3,6-7H2,(H2,12,17). The molecule has 0 aromatic carbocycles. The van der Waals surface area contributed by atoms with Gasteiger partial charge in [0.25, 0.3) is 0 Å². The summed E-state index contributed by atoms with van der Waals surface area (Å²) in [5.41, 5.74) is 6.19. The van der Waals surface area contributed by atoms with Crippen molar-refractivity contribution in [2.45, 2.75) is 25.3 Å². The van der Waals surface area contributed by atoms with Gasteiger partial charge in [-0.15, -0.1) is 0 Å². The number of aliphatic hydroxyl groups excluding tert-OH is 1. The lowest BCUT2D eigenvalue weighted by Gasteiger charge is -2.38. The van der Waals surface area contributed by atoms with E-state index in [0.717, 1.165) is 12.8 Å². The maximum atomic E-state index is 9.14. The fraction of sp³-hybridized carbons (Fsp3) is 0.545. The van der Waals surface area contributed by atoms with Crippen LogP contribution < -0.4 is 10.6 Å². The maximum absolute atomic E-state index is 9.14. The van der Waals surface area contributed by atoms with E-state index in [4.69, 9.17) is 23.1 Å². The highest BCUT2D eigenvalue weighted by Gasteiger charge is 2.27. The summed E-state index contributed by atoms with van der Waals surface area (Å²) < 4.78 is 0. The third kappa shape index (κ3) is 2.53. The minimum absolute atomic E-state index is 0.0872. The van der Waals surface area contributed by atoms with Gasteiger partial charge in [-0.3, -0.25) is 0 Å². The first kappa shape index (κ1) is 12.2. The van der Waals surface area contributed by atoms with Crippen LogP contribution in [0.5, 0.6) is 0 Å². The van der Waals surface area contributed by atoms with Crippen LogP contribution in [0.15, 0.2) is 12.4 Å². The number of rotatable bonds is 5. The van der Waals surface area contributed by atoms with Crippen LogP contribution in [-0.4, -0.2) is 39.3 Å². The van der Waals surface area contributed by atoms with E-state index in [1.807, 2.05) is 0 Å². The third-order valence-corrected chi connectivity index (χ3v) is 3.23. The van der Waals surface area contributed by atoms with Crippen molar-refractivity contribution in [1.82, 2.24) is 9.97 Å². The molecule has 5 nitrogen and oxygen atoms in total. The first-order valence-corrected chi connectivity index (χ1v) is 6.13. The first-order valence-electron chi connectivity index (χ1n) is 5.72. The number of nitrogens with zero attached hydrogens (tertiary/aromatic N) is 3. The lowest BCUT2D eigenvalue weighted by atomic mass is 9.91. The molecular formula is C11H16N4OS. The number of hydrogen-bond donors (Lipinski definition) is 2. The lowest BCUT2D eigenvalue weighted by molar-refractivity contribution is 0.283. The molecule has 0 bridgehead atoms. The molecule has 2 rings (SSSR count). The van der Waals surface area contributed by atoms with E-state index in [1.54, 1.807) is 12.4 Å². The molecule has 1 saturated carbocycles. The normalized spacial score (nSPS) is 15.4. The zero-order valence-electron chi connectivity index (χ0n) is 9.54. The Morgan fingerprint density at radius 1 is 1.47 bits per heavy atom. The third-order valence-electron chi connectivity index (χ3n) is 3.04. The van der Waals surface area contributed by atoms with Gasteiger partial charge in [0.15, 0.2) is 5.82 Å². The van der Waals surface area contributed by atoms with Crippen molar-refractivity contribution < 1.29 is 5.11 Å². The molecule has 1 aliphatic carbocycles. The van der Waals surface area contributed by atoms with Crippen molar-refractivity contribution in [3.8, 4) is 0 Å². The van der Waals surface area contributed by atoms with E-state index in [2.05, 4.69) is 14.9 Å². The predicted octanol–water partition coefficient (Wildman–Crippen LogP) is 0.462. The van der Waals surface area contributed by atoms with Gasteiger partial charge in [-0.2, -0.15) is 0 Å². The van der Waals surface area contributed by atoms with Crippen LogP contribution in [0.2, 0.25) is 0 Å². The SMILES string of the molecule is NC(=S)c1nccnc1N(CCO)C1CCC1. The molecule has 92 valence electrons. The van der Waals surface area contributed by atoms with E-state index in [-0.39, 0.29) is 11.6 Å². The van der Waals surface area contributed by atoms with E-state index < -0.39 is 0 Å². The maximum Gasteiger partial charge on any atom is 0.157 e. The molecule has 0 amide bonds. The molecule has 0 saturated heterocycles. The van der Waals surface area contributed by atoms with Gasteiger partial charge >= 0.3 is 0 Å². The second-order valence-corrected chi connectivity index (χ2v) is 4.53. The highest BCUT2D eigenvalue weighted by atomic mass is 32.1. The van der Waals surface area contributed by atoms with E-state index >= 15 is 0 Å². The molecule has 0 aliphatic heterocycles. The van der Waals surface area contributed by atoms with Gasteiger partial charge in [0, 0.05) is 25.0 Å². The molecule has 1 aromatic heterocycles. The van der Waals surface area contributed by atoms with Crippen LogP contribution in [0.3, 0.4) is 0 Å². The molecule has 1 heterocycles. The Bertz CT molecular complexity index is 408. The van der Waals surface area contributed by atoms with Gasteiger partial charge in [0.2, 0.25) is 0 Å². The first-order chi connectivity index (χ1) is 8.24. The zero-order chi connectivity index (χ0) is 12.3. The van der Waals surface area contributed by atoms with E-state index in [0.29, 0.717) is 24.1 Å². The van der Waals surface area contributed by atoms with Crippen LogP contribution in [0.1, 0.15) is 25.0 Å². The molecule has 17 heavy (non-hydrogen) atoms. The van der Waals surface area contributed by atoms with Gasteiger partial charge in [-0.1, -0.05) is 12.2 Å². The predicted molar refractivity (Wildman–Crippen MR) is 70.0 cm³/mol. The minimum atomic E-state index is 0.0872. The lowest BCUT2D eigenvalue weighted by Crippen LogP contribution is -2.43. The number of nitrogens with two attached hydrogens (primary N) is 1. The Hall–Kier alpha value is -1.27. The smallest absolute Gasteiger partial charge is 0.157 e. The minimum Gasteiger partial charge on any atom is -0.395 e. The Labute approximate surface area is 106 Å². The van der Waals surface area contributed by atoms with Crippen molar-refractivity contribution in [3.63, 3.8) is 0 Å². The molecule has 1 aliphatic rings. The summed E-state index contributed by atoms with van der Waals surface area (Å²) >= 11 is 4.98. The van der Waals surface area contributed by atoms with Crippen molar-refractivity contribution in [2.75, 3.05) is 18.1 Å². The Morgan fingerprint density at radius 3 is 2.71 bits per heavy atom. The zero-order valence-corrected chi connectivity index (χ0v) is 10.4. The number of aromatic nitrogens is 2. The summed E-state index contributed by atoms with van der Waals surface area (Å²) in [5, 5.41) is 9.14. The van der Waals surface area contributed by atoms with Crippen molar-refractivity contribution in [2.24, 2.45) is 5.73 Å². The molecule has 0 spiro atoms. The molecule has 1 aromatic rings. The van der Waals surface area contributed by atoms with Crippen molar-refractivity contribution in [1.29, 1.82) is 0 Å². The fourth-order valence-corrected chi connectivity index (χ4v) is 2.13. The summed E-state index contributed by atoms with van der Waals surface area (Å²) in [6.07, 6.45) is 6.66. The Balaban J connectivity index is 2.30. The van der Waals surface area contributed by atoms with Crippen LogP contribution in [0.25, 0.3) is 0 Å². The van der Waals surface area contributed by atoms with Crippen LogP contribution in [0.4, 0.5) is 5.82 Å². The highest BCUT2D eigenvalue weighted by molar-refractivity contribution is 7.80. The second-order valence-electron chi connectivity index (χ2n) is 4.09. The van der Waals surface area contributed by atoms with Crippen molar-refractivity contribution in [3.05, 3.63) is 18.1 Å². The summed E-state index contributed by atoms with van der Waals surface area (Å²) in [5.74, 6) is 0.693. The molecule has 6 heteroatoms. The monoisotopic (exact) mass is 252 g/mol. The molecule has 1 fully saturated rings. The van der Waals surface area contributed by atoms with Gasteiger partial charge in [0.05, 0.1) is 6.61 Å². The van der Waals surface area contributed by atoms with Crippen LogP contribution >= 0.6 is 12.2 Å². The Kier molecular flexibility index (Phi) is 3.86. The number of aliphatic hydroxyl groups is 1. The highest BCUT2D eigenvalue weighted by Crippen LogP contribution is 2.29. The van der Waals surface area contributed by atoms with E-state index in [9.17, 15) is 0 Å². The largest absolute Gasteiger partial charge is 0.395 e. The summed E-state index contributed by atoms with van der Waals surface area (Å²) in [7, 11) is 0. The summed E-state index contributed by atoms with van der Waals surface area (Å²) in [6.45, 7) is 0.628. The van der Waals surface area contributed by atoms with Gasteiger partial charge < -0.3 is 15.7 Å². The summed E-state index contributed by atoms with van der Waals surface area (Å²) in [6, 6.07) is 0.423. The topological polar surface area (TPSA) is 75.3 Å². The molecular weight excluding hydrogens is 236 g/mol. The van der Waals surface area contributed by atoms with Gasteiger partial charge in [0.1, 0.15) is 10.7 Å². The summed E-state index contributed by atoms with van der Waals surface area (Å²) in [4.78, 5) is 10.8. The van der Waals surface area contributed by atoms with E-state index in [1.165, 1.54) is 6.42 Å². The van der Waals surface area contributed by atoms with Gasteiger partial charge in [-0.05, 0) is 19.3 Å². The number of anilines is 1. The fourth-order valence-electron chi connectivity index (χ4n) is 1.98. The average Bonchev–Trinajstić information content (AvgIpc) is 2.26. The van der Waals surface area contributed by atoms with Crippen LogP contribution in [0, 0.1) is 0 Å². The molecule has 0 atom stereocenters. The average molecular weight is 252 g/mol. The van der Waals surface area contributed by atoms with Crippen LogP contribution in [-0.2, 0) is 0 Å². The number of hydrogen-bond acceptors (Lipinski definition) is 5. The van der Waals surface area contributed by atoms with Gasteiger partial charge in [-0.25, -0.2) is 9.97 Å².